The Morgan fingerprint density at radius 1 is 1.06 bits per heavy atom. The lowest BCUT2D eigenvalue weighted by molar-refractivity contribution is -0.253. The van der Waals surface area contributed by atoms with E-state index in [0.29, 0.717) is 47.7 Å². The van der Waals surface area contributed by atoms with Crippen LogP contribution in [0.3, 0.4) is 0 Å². The number of aliphatic hydroxyl groups is 2. The van der Waals surface area contributed by atoms with Crippen LogP contribution in [-0.2, 0) is 28.5 Å². The van der Waals surface area contributed by atoms with Crippen molar-refractivity contribution in [2.24, 2.45) is 51.2 Å². The molecule has 12 atom stereocenters. The van der Waals surface area contributed by atoms with E-state index in [2.05, 4.69) is 32.6 Å². The minimum atomic E-state index is -1.06. The van der Waals surface area contributed by atoms with Crippen LogP contribution >= 0.6 is 0 Å². The minimum Gasteiger partial charge on any atom is -0.464 e. The summed E-state index contributed by atoms with van der Waals surface area (Å²) in [4.78, 5) is 14.5. The maximum atomic E-state index is 12.0. The van der Waals surface area contributed by atoms with Crippen molar-refractivity contribution in [2.45, 2.75) is 149 Å². The van der Waals surface area contributed by atoms with Gasteiger partial charge >= 0.3 is 5.97 Å². The van der Waals surface area contributed by atoms with Gasteiger partial charge in [0, 0.05) is 6.54 Å². The molecule has 2 N–H and O–H groups in total. The van der Waals surface area contributed by atoms with Crippen molar-refractivity contribution in [3.63, 3.8) is 0 Å². The highest BCUT2D eigenvalue weighted by Crippen LogP contribution is 2.89. The van der Waals surface area contributed by atoms with E-state index in [1.807, 2.05) is 0 Å². The summed E-state index contributed by atoms with van der Waals surface area (Å²) < 4.78 is 29.5. The Hall–Kier alpha value is -0.810. The number of morpholine rings is 1. The monoisotopic (exact) mass is 689 g/mol. The number of ether oxygens (including phenoxy) is 5. The maximum absolute atomic E-state index is 12.0. The number of fused-ring (bicyclic) bond motifs is 2. The topological polar surface area (TPSA) is 107 Å². The van der Waals surface area contributed by atoms with Crippen LogP contribution in [0.15, 0.2) is 0 Å². The summed E-state index contributed by atoms with van der Waals surface area (Å²) in [5, 5.41) is 22.5. The molecule has 4 unspecified atom stereocenters. The Morgan fingerprint density at radius 2 is 1.84 bits per heavy atom. The van der Waals surface area contributed by atoms with Crippen molar-refractivity contribution in [1.29, 1.82) is 0 Å². The van der Waals surface area contributed by atoms with Crippen molar-refractivity contribution >= 4 is 5.97 Å². The van der Waals surface area contributed by atoms with Gasteiger partial charge in [-0.2, -0.15) is 0 Å². The summed E-state index contributed by atoms with van der Waals surface area (Å²) in [7, 11) is 0. The molecule has 7 fully saturated rings. The van der Waals surface area contributed by atoms with E-state index in [9.17, 15) is 15.0 Å². The van der Waals surface area contributed by atoms with E-state index >= 15 is 0 Å². The number of rotatable bonds is 12. The zero-order valence-corrected chi connectivity index (χ0v) is 31.6. The minimum absolute atomic E-state index is 0.0943. The van der Waals surface area contributed by atoms with Crippen LogP contribution in [0.5, 0.6) is 0 Å². The first-order valence-corrected chi connectivity index (χ1v) is 20.0. The van der Waals surface area contributed by atoms with Gasteiger partial charge < -0.3 is 33.9 Å². The smallest absolute Gasteiger partial charge is 0.332 e. The van der Waals surface area contributed by atoms with Crippen LogP contribution in [0.2, 0.25) is 0 Å². The van der Waals surface area contributed by atoms with Gasteiger partial charge in [0.2, 0.25) is 0 Å². The van der Waals surface area contributed by atoms with Gasteiger partial charge in [-0.25, -0.2) is 4.79 Å². The summed E-state index contributed by atoms with van der Waals surface area (Å²) in [6.07, 6.45) is 10.1. The third-order valence-electron chi connectivity index (χ3n) is 16.1. The lowest BCUT2D eigenvalue weighted by Gasteiger charge is -2.59. The van der Waals surface area contributed by atoms with Gasteiger partial charge in [-0.1, -0.05) is 34.1 Å². The molecule has 0 aromatic rings. The van der Waals surface area contributed by atoms with Crippen LogP contribution in [0, 0.1) is 51.2 Å². The summed E-state index contributed by atoms with van der Waals surface area (Å²) >= 11 is 0. The fourth-order valence-corrected chi connectivity index (χ4v) is 13.7. The second kappa shape index (κ2) is 13.2. The van der Waals surface area contributed by atoms with E-state index < -0.39 is 17.7 Å². The van der Waals surface area contributed by atoms with Crippen LogP contribution in [0.25, 0.3) is 0 Å². The molecule has 2 spiro atoms. The lowest BCUT2D eigenvalue weighted by Crippen LogP contribution is -2.58. The standard InChI is InChI=1S/C40H67NO8/c1-8-46-34(43)24-48-33(37(5,6)44)11-9-10-28-30(42)20-29-27-12-13-31-36(3,4)32(49-35-21-41(18-19-47-35)26-22-45-23-26)14-15-40(31)25(2)39(27,40)17-16-38(28,29)7/h25-33,35,42,44H,8-24H2,1-7H3/t25-,27-,28-,29?,30+,31?,32-,33-,35?,38+,39-,40?/m0/s1. The van der Waals surface area contributed by atoms with Crippen LogP contribution in [-0.4, -0.2) is 103 Å². The molecule has 0 radical (unpaired) electrons. The SMILES string of the molecule is CCOC(=O)CO[C@@H](CCC[C@H]1[C@H](O)CC2[C@@H]3CCC4C(C)(C)[C@@H](OC5CN(C6COC6)CCO5)CCC45[C@@H](C)[C@@]35CC[C@@]21C)C(C)(C)O. The van der Waals surface area contributed by atoms with Crippen molar-refractivity contribution in [1.82, 2.24) is 4.90 Å². The molecule has 2 heterocycles. The Morgan fingerprint density at radius 3 is 2.53 bits per heavy atom. The predicted molar refractivity (Wildman–Crippen MR) is 186 cm³/mol. The first-order chi connectivity index (χ1) is 23.2. The number of carbonyl (C=O) groups excluding carboxylic acids is 1. The van der Waals surface area contributed by atoms with Gasteiger partial charge in [-0.15, -0.1) is 0 Å². The molecular weight excluding hydrogens is 622 g/mol. The molecule has 0 bridgehead atoms. The molecule has 7 rings (SSSR count). The van der Waals surface area contributed by atoms with E-state index in [1.165, 1.54) is 32.1 Å². The molecule has 2 aliphatic heterocycles. The van der Waals surface area contributed by atoms with Gasteiger partial charge in [0.1, 0.15) is 6.61 Å². The van der Waals surface area contributed by atoms with Crippen LogP contribution in [0.1, 0.15) is 113 Å². The second-order valence-corrected chi connectivity index (χ2v) is 18.7. The van der Waals surface area contributed by atoms with Crippen molar-refractivity contribution in [3.05, 3.63) is 0 Å². The average Bonchev–Trinajstić information content (AvgIpc) is 3.42. The van der Waals surface area contributed by atoms with Gasteiger partial charge in [0.25, 0.3) is 0 Å². The van der Waals surface area contributed by atoms with Crippen LogP contribution in [0.4, 0.5) is 0 Å². The van der Waals surface area contributed by atoms with E-state index in [0.717, 1.165) is 64.5 Å². The normalized spacial score (nSPS) is 45.3. The number of hydrogen-bond acceptors (Lipinski definition) is 9. The van der Waals surface area contributed by atoms with Crippen molar-refractivity contribution in [3.8, 4) is 0 Å². The number of carbonyl (C=O) groups is 1. The number of esters is 1. The zero-order chi connectivity index (χ0) is 35.0. The maximum Gasteiger partial charge on any atom is 0.332 e. The molecule has 0 aromatic carbocycles. The van der Waals surface area contributed by atoms with E-state index in [1.54, 1.807) is 20.8 Å². The summed E-state index contributed by atoms with van der Waals surface area (Å²) in [6, 6.07) is 0.521. The third kappa shape index (κ3) is 5.86. The number of nitrogens with zero attached hydrogens (tertiary/aromatic N) is 1. The Balaban J connectivity index is 1.00. The third-order valence-corrected chi connectivity index (χ3v) is 16.1. The van der Waals surface area contributed by atoms with E-state index in [4.69, 9.17) is 23.7 Å². The fourth-order valence-electron chi connectivity index (χ4n) is 13.7. The zero-order valence-electron chi connectivity index (χ0n) is 31.6. The Kier molecular flexibility index (Phi) is 9.88. The summed E-state index contributed by atoms with van der Waals surface area (Å²) in [5.41, 5.74) is -0.0500. The molecule has 0 aromatic heterocycles. The highest BCUT2D eigenvalue weighted by Gasteiger charge is 2.84. The highest BCUT2D eigenvalue weighted by molar-refractivity contribution is 5.70. The first kappa shape index (κ1) is 36.5. The molecule has 2 saturated heterocycles. The van der Waals surface area contributed by atoms with Crippen molar-refractivity contribution in [2.75, 3.05) is 46.1 Å². The molecule has 49 heavy (non-hydrogen) atoms. The van der Waals surface area contributed by atoms with Gasteiger partial charge in [-0.3, -0.25) is 4.90 Å². The largest absolute Gasteiger partial charge is 0.464 e. The fraction of sp³-hybridized carbons (Fsp3) is 0.975. The van der Waals surface area contributed by atoms with Gasteiger partial charge in [-0.05, 0) is 130 Å². The summed E-state index contributed by atoms with van der Waals surface area (Å²) in [6.45, 7) is 19.8. The second-order valence-electron chi connectivity index (χ2n) is 18.7. The van der Waals surface area contributed by atoms with Crippen LogP contribution < -0.4 is 0 Å². The lowest BCUT2D eigenvalue weighted by atomic mass is 9.46. The average molecular weight is 690 g/mol. The Labute approximate surface area is 295 Å². The first-order valence-electron chi connectivity index (χ1n) is 20.0. The Bertz CT molecular complexity index is 1200. The molecule has 5 aliphatic carbocycles. The van der Waals surface area contributed by atoms with Crippen molar-refractivity contribution < 1.29 is 38.7 Å². The molecule has 9 heteroatoms. The van der Waals surface area contributed by atoms with Gasteiger partial charge in [0.05, 0.1) is 62.9 Å². The predicted octanol–water partition coefficient (Wildman–Crippen LogP) is 5.58. The summed E-state index contributed by atoms with van der Waals surface area (Å²) in [5.74, 6) is 2.48. The molecule has 7 aliphatic rings. The quantitative estimate of drug-likeness (QED) is 0.254. The number of hydrogen-bond donors (Lipinski definition) is 2. The molecule has 9 nitrogen and oxygen atoms in total. The molecule has 5 saturated carbocycles. The highest BCUT2D eigenvalue weighted by atomic mass is 16.7. The number of aliphatic hydroxyl groups excluding tert-OH is 1. The molecular formula is C40H67NO8. The molecule has 280 valence electrons. The van der Waals surface area contributed by atoms with Gasteiger partial charge in [0.15, 0.2) is 6.29 Å². The van der Waals surface area contributed by atoms with E-state index in [-0.39, 0.29) is 41.9 Å². The molecule has 0 amide bonds.